The van der Waals surface area contributed by atoms with Crippen LogP contribution in [0.2, 0.25) is 0 Å². The molecule has 1 aromatic rings. The number of thioether (sulfide) groups is 1. The molecular weight excluding hydrogens is 298 g/mol. The number of sulfone groups is 1. The quantitative estimate of drug-likeness (QED) is 0.760. The maximum Gasteiger partial charge on any atom is 0.319 e. The molecule has 9 heteroatoms. The van der Waals surface area contributed by atoms with E-state index in [-0.39, 0.29) is 6.01 Å². The zero-order valence-corrected chi connectivity index (χ0v) is 12.3. The molecule has 6 nitrogen and oxygen atoms in total. The Morgan fingerprint density at radius 3 is 3.00 bits per heavy atom. The van der Waals surface area contributed by atoms with E-state index in [2.05, 4.69) is 10.2 Å². The van der Waals surface area contributed by atoms with Crippen LogP contribution >= 0.6 is 23.4 Å². The van der Waals surface area contributed by atoms with Crippen LogP contribution in [-0.2, 0) is 16.3 Å². The first-order chi connectivity index (χ1) is 8.52. The number of aryl methyl sites for hydroxylation is 1. The van der Waals surface area contributed by atoms with E-state index in [0.29, 0.717) is 30.5 Å². The van der Waals surface area contributed by atoms with Gasteiger partial charge in [-0.2, -0.15) is 11.8 Å². The van der Waals surface area contributed by atoms with Crippen LogP contribution in [0.15, 0.2) is 4.42 Å². The molecule has 1 aliphatic heterocycles. The van der Waals surface area contributed by atoms with Crippen molar-refractivity contribution in [2.75, 3.05) is 35.1 Å². The Morgan fingerprint density at radius 1 is 1.56 bits per heavy atom. The van der Waals surface area contributed by atoms with Gasteiger partial charge < -0.3 is 9.32 Å². The first-order valence-corrected chi connectivity index (χ1v) is 9.08. The van der Waals surface area contributed by atoms with E-state index >= 15 is 0 Å². The highest BCUT2D eigenvalue weighted by Gasteiger charge is 2.34. The molecule has 18 heavy (non-hydrogen) atoms. The number of alkyl halides is 1. The van der Waals surface area contributed by atoms with E-state index in [0.717, 1.165) is 5.75 Å². The molecule has 1 fully saturated rings. The molecule has 0 bridgehead atoms. The number of anilines is 1. The molecule has 102 valence electrons. The first-order valence-electron chi connectivity index (χ1n) is 5.44. The summed E-state index contributed by atoms with van der Waals surface area (Å²) in [4.78, 5) is 1.66. The Balaban J connectivity index is 2.22. The highest BCUT2D eigenvalue weighted by atomic mass is 35.5. The minimum atomic E-state index is -3.17. The lowest BCUT2D eigenvalue weighted by molar-refractivity contribution is 0.484. The molecule has 1 atom stereocenters. The predicted molar refractivity (Wildman–Crippen MR) is 72.0 cm³/mol. The van der Waals surface area contributed by atoms with Crippen LogP contribution in [0.1, 0.15) is 5.89 Å². The van der Waals surface area contributed by atoms with Gasteiger partial charge in [-0.25, -0.2) is 8.42 Å². The van der Waals surface area contributed by atoms with Crippen LogP contribution in [0, 0.1) is 0 Å². The fourth-order valence-corrected chi connectivity index (χ4v) is 4.67. The zero-order valence-electron chi connectivity index (χ0n) is 9.87. The lowest BCUT2D eigenvalue weighted by Gasteiger charge is -2.32. The summed E-state index contributed by atoms with van der Waals surface area (Å²) >= 11 is 7.21. The van der Waals surface area contributed by atoms with Crippen molar-refractivity contribution in [1.82, 2.24) is 10.2 Å². The molecule has 1 aliphatic rings. The Morgan fingerprint density at radius 2 is 2.33 bits per heavy atom. The smallest absolute Gasteiger partial charge is 0.319 e. The number of hydrogen-bond acceptors (Lipinski definition) is 7. The number of hydrogen-bond donors (Lipinski definition) is 0. The molecule has 0 aromatic carbocycles. The number of nitrogens with zero attached hydrogens (tertiary/aromatic N) is 3. The van der Waals surface area contributed by atoms with E-state index in [9.17, 15) is 8.42 Å². The Bertz CT molecular complexity index is 505. The second-order valence-electron chi connectivity index (χ2n) is 3.97. The Kier molecular flexibility index (Phi) is 4.39. The summed E-state index contributed by atoms with van der Waals surface area (Å²) in [6.07, 6.45) is 1.72. The average molecular weight is 312 g/mol. The fraction of sp³-hybridized carbons (Fsp3) is 0.778. The largest absolute Gasteiger partial charge is 0.408 e. The van der Waals surface area contributed by atoms with Crippen molar-refractivity contribution in [3.8, 4) is 0 Å². The summed E-state index contributed by atoms with van der Waals surface area (Å²) in [7, 11) is -3.17. The highest BCUT2D eigenvalue weighted by Crippen LogP contribution is 2.25. The molecule has 1 unspecified atom stereocenters. The molecular formula is C9H14ClN3O3S2. The molecule has 0 amide bonds. The van der Waals surface area contributed by atoms with E-state index in [1.807, 2.05) is 0 Å². The maximum absolute atomic E-state index is 11.7. The summed E-state index contributed by atoms with van der Waals surface area (Å²) in [5.41, 5.74) is 0. The second-order valence-corrected chi connectivity index (χ2v) is 7.70. The lowest BCUT2D eigenvalue weighted by Crippen LogP contribution is -2.47. The van der Waals surface area contributed by atoms with E-state index in [1.165, 1.54) is 6.26 Å². The molecule has 1 aromatic heterocycles. The standard InChI is InChI=1S/C9H14ClN3O3S2/c1-18(14,15)8-6-17-5-4-13(8)9-12-11-7(16-9)2-3-10/h8H,2-6H2,1H3. The van der Waals surface area contributed by atoms with Gasteiger partial charge >= 0.3 is 6.01 Å². The first kappa shape index (κ1) is 14.0. The normalized spacial score (nSPS) is 21.2. The van der Waals surface area contributed by atoms with Crippen molar-refractivity contribution < 1.29 is 12.8 Å². The summed E-state index contributed by atoms with van der Waals surface area (Å²) in [6, 6.07) is 0.269. The van der Waals surface area contributed by atoms with Gasteiger partial charge in [0.2, 0.25) is 5.89 Å². The molecule has 2 heterocycles. The lowest BCUT2D eigenvalue weighted by atomic mass is 10.5. The van der Waals surface area contributed by atoms with Gasteiger partial charge in [-0.1, -0.05) is 5.10 Å². The van der Waals surface area contributed by atoms with Crippen LogP contribution in [0.3, 0.4) is 0 Å². The third-order valence-corrected chi connectivity index (χ3v) is 5.42. The fourth-order valence-electron chi connectivity index (χ4n) is 1.70. The second kappa shape index (κ2) is 5.66. The third kappa shape index (κ3) is 3.10. The van der Waals surface area contributed by atoms with Gasteiger partial charge in [0.05, 0.1) is 0 Å². The van der Waals surface area contributed by atoms with Crippen molar-refractivity contribution in [1.29, 1.82) is 0 Å². The highest BCUT2D eigenvalue weighted by molar-refractivity contribution is 8.01. The topological polar surface area (TPSA) is 76.3 Å². The van der Waals surface area contributed by atoms with Crippen LogP contribution in [0.4, 0.5) is 6.01 Å². The maximum atomic E-state index is 11.7. The molecule has 0 spiro atoms. The van der Waals surface area contributed by atoms with Crippen LogP contribution in [-0.4, -0.2) is 54.2 Å². The van der Waals surface area contributed by atoms with Crippen molar-refractivity contribution in [3.63, 3.8) is 0 Å². The summed E-state index contributed by atoms with van der Waals surface area (Å²) < 4.78 is 28.9. The Labute approximate surface area is 115 Å². The van der Waals surface area contributed by atoms with Crippen LogP contribution in [0.25, 0.3) is 0 Å². The van der Waals surface area contributed by atoms with Crippen molar-refractivity contribution in [2.45, 2.75) is 11.8 Å². The number of aromatic nitrogens is 2. The van der Waals surface area contributed by atoms with E-state index < -0.39 is 15.2 Å². The summed E-state index contributed by atoms with van der Waals surface area (Å²) in [5.74, 6) is 2.20. The molecule has 0 saturated carbocycles. The van der Waals surface area contributed by atoms with Crippen molar-refractivity contribution in [2.24, 2.45) is 0 Å². The SMILES string of the molecule is CS(=O)(=O)C1CSCCN1c1nnc(CCCl)o1. The van der Waals surface area contributed by atoms with Crippen molar-refractivity contribution >= 4 is 39.2 Å². The van der Waals surface area contributed by atoms with Gasteiger partial charge in [0, 0.05) is 36.6 Å². The third-order valence-electron chi connectivity index (χ3n) is 2.59. The minimum absolute atomic E-state index is 0.269. The molecule has 0 radical (unpaired) electrons. The van der Waals surface area contributed by atoms with Gasteiger partial charge in [-0.3, -0.25) is 0 Å². The number of rotatable bonds is 4. The zero-order chi connectivity index (χ0) is 13.2. The van der Waals surface area contributed by atoms with Gasteiger partial charge in [-0.15, -0.1) is 16.7 Å². The molecule has 2 rings (SSSR count). The monoisotopic (exact) mass is 311 g/mol. The van der Waals surface area contributed by atoms with Crippen LogP contribution < -0.4 is 4.90 Å². The summed E-state index contributed by atoms with van der Waals surface area (Å²) in [5, 5.41) is 7.16. The molecule has 1 saturated heterocycles. The van der Waals surface area contributed by atoms with Gasteiger partial charge in [0.1, 0.15) is 5.37 Å². The average Bonchev–Trinajstić information content (AvgIpc) is 2.77. The van der Waals surface area contributed by atoms with Gasteiger partial charge in [0.15, 0.2) is 9.84 Å². The van der Waals surface area contributed by atoms with Gasteiger partial charge in [-0.05, 0) is 0 Å². The number of halogens is 1. The van der Waals surface area contributed by atoms with Crippen LogP contribution in [0.5, 0.6) is 0 Å². The summed E-state index contributed by atoms with van der Waals surface area (Å²) in [6.45, 7) is 0.588. The Hall–Kier alpha value is -0.470. The molecule has 0 aliphatic carbocycles. The van der Waals surface area contributed by atoms with Gasteiger partial charge in [0.25, 0.3) is 0 Å². The minimum Gasteiger partial charge on any atom is -0.408 e. The predicted octanol–water partition coefficient (Wildman–Crippen LogP) is 0.775. The molecule has 0 N–H and O–H groups in total. The van der Waals surface area contributed by atoms with Crippen molar-refractivity contribution in [3.05, 3.63) is 5.89 Å². The van der Waals surface area contributed by atoms with E-state index in [4.69, 9.17) is 16.0 Å². The van der Waals surface area contributed by atoms with E-state index in [1.54, 1.807) is 16.7 Å².